The Bertz CT molecular complexity index is 615. The summed E-state index contributed by atoms with van der Waals surface area (Å²) in [6, 6.07) is 10.3. The van der Waals surface area contributed by atoms with Crippen molar-refractivity contribution in [2.24, 2.45) is 0 Å². The van der Waals surface area contributed by atoms with Gasteiger partial charge in [0, 0.05) is 0 Å². The quantitative estimate of drug-likeness (QED) is 0.859. The summed E-state index contributed by atoms with van der Waals surface area (Å²) in [5.41, 5.74) is 2.06. The molecule has 1 aromatic carbocycles. The second-order valence-electron chi connectivity index (χ2n) is 5.45. The largest absolute Gasteiger partial charge is 0.313 e. The van der Waals surface area contributed by atoms with E-state index in [0.29, 0.717) is 6.54 Å². The van der Waals surface area contributed by atoms with Crippen LogP contribution in [0.1, 0.15) is 31.5 Å². The molecule has 0 atom stereocenters. The molecule has 0 radical (unpaired) electrons. The fourth-order valence-electron chi connectivity index (χ4n) is 2.99. The van der Waals surface area contributed by atoms with Crippen LogP contribution in [0.4, 0.5) is 0 Å². The highest BCUT2D eigenvalue weighted by Crippen LogP contribution is 2.18. The fourth-order valence-corrected chi connectivity index (χ4v) is 2.99. The molecule has 0 amide bonds. The van der Waals surface area contributed by atoms with E-state index in [9.17, 15) is 0 Å². The van der Waals surface area contributed by atoms with E-state index >= 15 is 0 Å². The van der Waals surface area contributed by atoms with Crippen LogP contribution >= 0.6 is 0 Å². The zero-order valence-electron chi connectivity index (χ0n) is 11.8. The highest BCUT2D eigenvalue weighted by molar-refractivity contribution is 5.75. The number of nitrogens with zero attached hydrogens (tertiary/aromatic N) is 4. The van der Waals surface area contributed by atoms with Crippen LogP contribution in [-0.4, -0.2) is 27.5 Å². The summed E-state index contributed by atoms with van der Waals surface area (Å²) in [5.74, 6) is 1.02. The van der Waals surface area contributed by atoms with Crippen molar-refractivity contribution in [2.75, 3.05) is 13.1 Å². The number of para-hydroxylation sites is 2. The Labute approximate surface area is 119 Å². The van der Waals surface area contributed by atoms with E-state index < -0.39 is 0 Å². The van der Waals surface area contributed by atoms with Crippen molar-refractivity contribution in [2.45, 2.75) is 38.8 Å². The summed E-state index contributed by atoms with van der Waals surface area (Å²) >= 11 is 0. The molecule has 0 aliphatic carbocycles. The number of hydrogen-bond acceptors (Lipinski definition) is 3. The zero-order chi connectivity index (χ0) is 13.8. The summed E-state index contributed by atoms with van der Waals surface area (Å²) in [4.78, 5) is 7.20. The number of likely N-dealkylation sites (tertiary alicyclic amines) is 1. The van der Waals surface area contributed by atoms with Gasteiger partial charge in [-0.05, 0) is 38.1 Å². The number of rotatable bonds is 3. The molecule has 1 fully saturated rings. The number of imidazole rings is 1. The first kappa shape index (κ1) is 13.1. The van der Waals surface area contributed by atoms with Crippen LogP contribution in [-0.2, 0) is 13.1 Å². The molecule has 0 N–H and O–H groups in total. The molecular formula is C16H20N4. The number of nitriles is 1. The lowest BCUT2D eigenvalue weighted by molar-refractivity contribution is 0.267. The molecule has 1 aliphatic rings. The Morgan fingerprint density at radius 3 is 2.60 bits per heavy atom. The smallest absolute Gasteiger partial charge is 0.125 e. The van der Waals surface area contributed by atoms with Gasteiger partial charge in [0.25, 0.3) is 0 Å². The normalized spacial score (nSPS) is 16.9. The van der Waals surface area contributed by atoms with Crippen LogP contribution in [0.25, 0.3) is 11.0 Å². The van der Waals surface area contributed by atoms with Gasteiger partial charge in [-0.25, -0.2) is 4.98 Å². The predicted molar refractivity (Wildman–Crippen MR) is 79.1 cm³/mol. The van der Waals surface area contributed by atoms with E-state index in [2.05, 4.69) is 15.5 Å². The van der Waals surface area contributed by atoms with Crippen LogP contribution in [0.5, 0.6) is 0 Å². The maximum Gasteiger partial charge on any atom is 0.125 e. The van der Waals surface area contributed by atoms with Gasteiger partial charge in [-0.1, -0.05) is 25.0 Å². The van der Waals surface area contributed by atoms with Gasteiger partial charge in [0.1, 0.15) is 12.4 Å². The first-order valence-electron chi connectivity index (χ1n) is 7.42. The lowest BCUT2D eigenvalue weighted by Crippen LogP contribution is -2.25. The van der Waals surface area contributed by atoms with Gasteiger partial charge in [0.05, 0.1) is 23.6 Å². The van der Waals surface area contributed by atoms with E-state index in [0.717, 1.165) is 36.5 Å². The zero-order valence-corrected chi connectivity index (χ0v) is 11.8. The Hall–Kier alpha value is -1.86. The summed E-state index contributed by atoms with van der Waals surface area (Å²) in [6.45, 7) is 3.53. The molecule has 1 aliphatic heterocycles. The first-order valence-corrected chi connectivity index (χ1v) is 7.42. The molecule has 20 heavy (non-hydrogen) atoms. The van der Waals surface area contributed by atoms with Crippen LogP contribution < -0.4 is 0 Å². The summed E-state index contributed by atoms with van der Waals surface area (Å²) in [7, 11) is 0. The molecule has 0 spiro atoms. The highest BCUT2D eigenvalue weighted by Gasteiger charge is 2.15. The third-order valence-electron chi connectivity index (χ3n) is 4.03. The molecular weight excluding hydrogens is 248 g/mol. The van der Waals surface area contributed by atoms with Gasteiger partial charge in [-0.15, -0.1) is 0 Å². The number of aromatic nitrogens is 2. The maximum absolute atomic E-state index is 9.06. The summed E-state index contributed by atoms with van der Waals surface area (Å²) in [6.07, 6.45) is 5.23. The van der Waals surface area contributed by atoms with E-state index in [1.54, 1.807) is 0 Å². The van der Waals surface area contributed by atoms with Gasteiger partial charge >= 0.3 is 0 Å². The fraction of sp³-hybridized carbons (Fsp3) is 0.500. The van der Waals surface area contributed by atoms with Crippen LogP contribution in [0, 0.1) is 11.3 Å². The van der Waals surface area contributed by atoms with Crippen molar-refractivity contribution in [3.05, 3.63) is 30.1 Å². The molecule has 0 unspecified atom stereocenters. The van der Waals surface area contributed by atoms with Crippen molar-refractivity contribution in [1.82, 2.24) is 14.5 Å². The average molecular weight is 268 g/mol. The lowest BCUT2D eigenvalue weighted by atomic mass is 10.2. The second kappa shape index (κ2) is 6.06. The van der Waals surface area contributed by atoms with Gasteiger partial charge in [0.15, 0.2) is 0 Å². The molecule has 0 saturated carbocycles. The molecule has 3 rings (SSSR count). The average Bonchev–Trinajstić information content (AvgIpc) is 2.64. The third-order valence-corrected chi connectivity index (χ3v) is 4.03. The minimum atomic E-state index is 0.379. The van der Waals surface area contributed by atoms with Gasteiger partial charge in [-0.3, -0.25) is 4.90 Å². The molecule has 4 heteroatoms. The maximum atomic E-state index is 9.06. The van der Waals surface area contributed by atoms with Crippen molar-refractivity contribution >= 4 is 11.0 Å². The van der Waals surface area contributed by atoms with Crippen molar-refractivity contribution in [3.63, 3.8) is 0 Å². The van der Waals surface area contributed by atoms with E-state index in [1.165, 1.54) is 25.7 Å². The van der Waals surface area contributed by atoms with E-state index in [-0.39, 0.29) is 0 Å². The summed E-state index contributed by atoms with van der Waals surface area (Å²) < 4.78 is 2.06. The Kier molecular flexibility index (Phi) is 3.98. The number of fused-ring (bicyclic) bond motifs is 1. The van der Waals surface area contributed by atoms with Gasteiger partial charge in [-0.2, -0.15) is 5.26 Å². The van der Waals surface area contributed by atoms with Gasteiger partial charge in [0.2, 0.25) is 0 Å². The molecule has 4 nitrogen and oxygen atoms in total. The predicted octanol–water partition coefficient (Wildman–Crippen LogP) is 2.94. The highest BCUT2D eigenvalue weighted by atomic mass is 15.2. The minimum Gasteiger partial charge on any atom is -0.313 e. The SMILES string of the molecule is N#CCn1c(CN2CCCCCC2)nc2ccccc21. The van der Waals surface area contributed by atoms with Crippen molar-refractivity contribution in [3.8, 4) is 6.07 Å². The molecule has 104 valence electrons. The van der Waals surface area contributed by atoms with Gasteiger partial charge < -0.3 is 4.57 Å². The number of benzene rings is 1. The van der Waals surface area contributed by atoms with E-state index in [1.807, 2.05) is 24.3 Å². The Morgan fingerprint density at radius 1 is 1.10 bits per heavy atom. The van der Waals surface area contributed by atoms with Crippen LogP contribution in [0.15, 0.2) is 24.3 Å². The molecule has 2 aromatic rings. The Morgan fingerprint density at radius 2 is 1.85 bits per heavy atom. The summed E-state index contributed by atoms with van der Waals surface area (Å²) in [5, 5.41) is 9.06. The minimum absolute atomic E-state index is 0.379. The van der Waals surface area contributed by atoms with Crippen LogP contribution in [0.2, 0.25) is 0 Å². The third kappa shape index (κ3) is 2.68. The Balaban J connectivity index is 1.89. The second-order valence-corrected chi connectivity index (χ2v) is 5.45. The monoisotopic (exact) mass is 268 g/mol. The molecule has 1 aromatic heterocycles. The van der Waals surface area contributed by atoms with Crippen molar-refractivity contribution in [1.29, 1.82) is 5.26 Å². The molecule has 0 bridgehead atoms. The standard InChI is InChI=1S/C16H20N4/c17-9-12-20-15-8-4-3-7-14(15)18-16(20)13-19-10-5-1-2-6-11-19/h3-4,7-8H,1-2,5-6,10-13H2. The van der Waals surface area contributed by atoms with Crippen molar-refractivity contribution < 1.29 is 0 Å². The topological polar surface area (TPSA) is 44.9 Å². The first-order chi connectivity index (χ1) is 9.88. The van der Waals surface area contributed by atoms with E-state index in [4.69, 9.17) is 10.2 Å². The van der Waals surface area contributed by atoms with Crippen LogP contribution in [0.3, 0.4) is 0 Å². The lowest BCUT2D eigenvalue weighted by Gasteiger charge is -2.19. The molecule has 1 saturated heterocycles. The molecule has 2 heterocycles. The number of hydrogen-bond donors (Lipinski definition) is 0.